The number of hydrogen-bond donors (Lipinski definition) is 1. The maximum absolute atomic E-state index is 3.38. The van der Waals surface area contributed by atoms with Crippen LogP contribution >= 0.6 is 0 Å². The van der Waals surface area contributed by atoms with Crippen LogP contribution in [0.2, 0.25) is 0 Å². The van der Waals surface area contributed by atoms with Gasteiger partial charge in [-0.15, -0.1) is 0 Å². The fourth-order valence-corrected chi connectivity index (χ4v) is 2.67. The van der Waals surface area contributed by atoms with Gasteiger partial charge in [0.05, 0.1) is 0 Å². The highest BCUT2D eigenvalue weighted by atomic mass is 14.7. The predicted octanol–water partition coefficient (Wildman–Crippen LogP) is 4.99. The van der Waals surface area contributed by atoms with E-state index in [1.165, 1.54) is 32.8 Å². The normalized spacial score (nSPS) is 11.2. The van der Waals surface area contributed by atoms with Crippen molar-refractivity contribution in [3.63, 3.8) is 0 Å². The molecule has 3 aromatic carbocycles. The molecule has 0 fully saturated rings. The van der Waals surface area contributed by atoms with Crippen LogP contribution in [0, 0.1) is 0 Å². The second-order valence-electron chi connectivity index (χ2n) is 4.81. The van der Waals surface area contributed by atoms with Gasteiger partial charge in [-0.1, -0.05) is 54.6 Å². The summed E-state index contributed by atoms with van der Waals surface area (Å²) in [6, 6.07) is 23.5. The van der Waals surface area contributed by atoms with Crippen LogP contribution in [0.3, 0.4) is 0 Å². The molecule has 4 aromatic rings. The number of fused-ring (bicyclic) bond motifs is 2. The molecule has 90 valence electrons. The highest BCUT2D eigenvalue weighted by molar-refractivity contribution is 6.03. The first kappa shape index (κ1) is 10.4. The Hall–Kier alpha value is -2.54. The summed E-state index contributed by atoms with van der Waals surface area (Å²) < 4.78 is 0. The number of hydrogen-bond acceptors (Lipinski definition) is 0. The van der Waals surface area contributed by atoms with E-state index in [1.54, 1.807) is 0 Å². The van der Waals surface area contributed by atoms with Gasteiger partial charge in [-0.05, 0) is 28.5 Å². The molecular weight excluding hydrogens is 230 g/mol. The van der Waals surface area contributed by atoms with Crippen molar-refractivity contribution in [2.45, 2.75) is 0 Å². The summed E-state index contributed by atoms with van der Waals surface area (Å²) >= 11 is 0. The van der Waals surface area contributed by atoms with Crippen molar-refractivity contribution in [2.75, 3.05) is 0 Å². The highest BCUT2D eigenvalue weighted by Crippen LogP contribution is 2.31. The first-order chi connectivity index (χ1) is 9.42. The van der Waals surface area contributed by atoms with Crippen LogP contribution in [0.25, 0.3) is 32.8 Å². The summed E-state index contributed by atoms with van der Waals surface area (Å²) in [7, 11) is 0. The average molecular weight is 243 g/mol. The zero-order valence-corrected chi connectivity index (χ0v) is 10.4. The Bertz CT molecular complexity index is 857. The predicted molar refractivity (Wildman–Crippen MR) is 81.2 cm³/mol. The second kappa shape index (κ2) is 3.99. The minimum atomic E-state index is 1.19. The number of benzene rings is 3. The van der Waals surface area contributed by atoms with Crippen molar-refractivity contribution < 1.29 is 0 Å². The summed E-state index contributed by atoms with van der Waals surface area (Å²) in [4.78, 5) is 3.38. The SMILES string of the molecule is c1ccc(-c2c[nH]c3cc4ccccc4cc23)cc1. The summed E-state index contributed by atoms with van der Waals surface area (Å²) in [6.45, 7) is 0. The van der Waals surface area contributed by atoms with Gasteiger partial charge in [0.1, 0.15) is 0 Å². The van der Waals surface area contributed by atoms with Crippen molar-refractivity contribution in [2.24, 2.45) is 0 Å². The minimum absolute atomic E-state index is 1.19. The molecule has 0 radical (unpaired) electrons. The molecule has 0 saturated heterocycles. The molecule has 0 atom stereocenters. The minimum Gasteiger partial charge on any atom is -0.361 e. The van der Waals surface area contributed by atoms with E-state index in [2.05, 4.69) is 71.8 Å². The van der Waals surface area contributed by atoms with Crippen LogP contribution in [0.15, 0.2) is 72.9 Å². The van der Waals surface area contributed by atoms with Crippen LogP contribution in [0.1, 0.15) is 0 Å². The lowest BCUT2D eigenvalue weighted by Gasteiger charge is -2.01. The Morgan fingerprint density at radius 2 is 1.37 bits per heavy atom. The number of aromatic amines is 1. The highest BCUT2D eigenvalue weighted by Gasteiger charge is 2.06. The van der Waals surface area contributed by atoms with E-state index in [9.17, 15) is 0 Å². The smallest absolute Gasteiger partial charge is 0.0466 e. The second-order valence-corrected chi connectivity index (χ2v) is 4.81. The molecule has 1 aromatic heterocycles. The molecule has 1 heterocycles. The Morgan fingerprint density at radius 1 is 0.684 bits per heavy atom. The average Bonchev–Trinajstić information content (AvgIpc) is 2.88. The molecule has 0 unspecified atom stereocenters. The molecule has 0 saturated carbocycles. The first-order valence-electron chi connectivity index (χ1n) is 6.47. The van der Waals surface area contributed by atoms with Crippen LogP contribution in [0.5, 0.6) is 0 Å². The van der Waals surface area contributed by atoms with Gasteiger partial charge in [-0.2, -0.15) is 0 Å². The molecule has 0 spiro atoms. The fraction of sp³-hybridized carbons (Fsp3) is 0. The number of nitrogens with one attached hydrogen (secondary N) is 1. The van der Waals surface area contributed by atoms with Gasteiger partial charge in [0.15, 0.2) is 0 Å². The monoisotopic (exact) mass is 243 g/mol. The Labute approximate surface area is 111 Å². The summed E-state index contributed by atoms with van der Waals surface area (Å²) in [5.41, 5.74) is 3.71. The number of H-pyrrole nitrogens is 1. The van der Waals surface area contributed by atoms with Gasteiger partial charge < -0.3 is 4.98 Å². The van der Waals surface area contributed by atoms with E-state index in [1.807, 2.05) is 6.07 Å². The number of aromatic nitrogens is 1. The van der Waals surface area contributed by atoms with Gasteiger partial charge in [0.2, 0.25) is 0 Å². The van der Waals surface area contributed by atoms with Crippen molar-refractivity contribution >= 4 is 21.7 Å². The van der Waals surface area contributed by atoms with E-state index in [0.717, 1.165) is 0 Å². The van der Waals surface area contributed by atoms with Crippen molar-refractivity contribution in [1.82, 2.24) is 4.98 Å². The third-order valence-electron chi connectivity index (χ3n) is 3.63. The molecule has 0 aliphatic heterocycles. The van der Waals surface area contributed by atoms with Crippen molar-refractivity contribution in [3.8, 4) is 11.1 Å². The third-order valence-corrected chi connectivity index (χ3v) is 3.63. The van der Waals surface area contributed by atoms with Gasteiger partial charge in [-0.3, -0.25) is 0 Å². The van der Waals surface area contributed by atoms with E-state index >= 15 is 0 Å². The number of rotatable bonds is 1. The maximum atomic E-state index is 3.38. The molecule has 4 rings (SSSR count). The van der Waals surface area contributed by atoms with Gasteiger partial charge in [0, 0.05) is 22.7 Å². The largest absolute Gasteiger partial charge is 0.361 e. The lowest BCUT2D eigenvalue weighted by molar-refractivity contribution is 1.48. The molecule has 0 amide bonds. The van der Waals surface area contributed by atoms with Crippen LogP contribution in [-0.4, -0.2) is 4.98 Å². The Balaban J connectivity index is 2.05. The molecule has 1 nitrogen and oxygen atoms in total. The van der Waals surface area contributed by atoms with E-state index in [4.69, 9.17) is 0 Å². The van der Waals surface area contributed by atoms with Gasteiger partial charge >= 0.3 is 0 Å². The molecular formula is C18H13N. The lowest BCUT2D eigenvalue weighted by Crippen LogP contribution is -1.76. The summed E-state index contributed by atoms with van der Waals surface area (Å²) in [6.07, 6.45) is 2.10. The molecule has 19 heavy (non-hydrogen) atoms. The maximum Gasteiger partial charge on any atom is 0.0466 e. The zero-order chi connectivity index (χ0) is 12.7. The van der Waals surface area contributed by atoms with E-state index < -0.39 is 0 Å². The molecule has 0 bridgehead atoms. The quantitative estimate of drug-likeness (QED) is 0.485. The Kier molecular flexibility index (Phi) is 2.18. The zero-order valence-electron chi connectivity index (χ0n) is 10.4. The van der Waals surface area contributed by atoms with E-state index in [-0.39, 0.29) is 0 Å². The van der Waals surface area contributed by atoms with Crippen LogP contribution in [0.4, 0.5) is 0 Å². The fourth-order valence-electron chi connectivity index (χ4n) is 2.67. The van der Waals surface area contributed by atoms with Crippen molar-refractivity contribution in [1.29, 1.82) is 0 Å². The summed E-state index contributed by atoms with van der Waals surface area (Å²) in [5.74, 6) is 0. The molecule has 1 heteroatoms. The lowest BCUT2D eigenvalue weighted by atomic mass is 10.0. The standard InChI is InChI=1S/C18H13N/c1-2-6-13(7-3-1)17-12-19-18-11-15-9-5-4-8-14(15)10-16(17)18/h1-12,19H. The van der Waals surface area contributed by atoms with Crippen LogP contribution in [-0.2, 0) is 0 Å². The molecule has 1 N–H and O–H groups in total. The molecule has 0 aliphatic carbocycles. The van der Waals surface area contributed by atoms with E-state index in [0.29, 0.717) is 0 Å². The van der Waals surface area contributed by atoms with Gasteiger partial charge in [-0.25, -0.2) is 0 Å². The Morgan fingerprint density at radius 3 is 2.16 bits per heavy atom. The van der Waals surface area contributed by atoms with Gasteiger partial charge in [0.25, 0.3) is 0 Å². The topological polar surface area (TPSA) is 15.8 Å². The summed E-state index contributed by atoms with van der Waals surface area (Å²) in [5, 5.41) is 3.84. The first-order valence-corrected chi connectivity index (χ1v) is 6.47. The van der Waals surface area contributed by atoms with Crippen LogP contribution < -0.4 is 0 Å². The third kappa shape index (κ3) is 1.63. The molecule has 0 aliphatic rings. The van der Waals surface area contributed by atoms with Crippen molar-refractivity contribution in [3.05, 3.63) is 72.9 Å².